The molecule has 2 aromatic rings. The molecular formula is C22H29FN2O3S. The molecule has 2 rings (SSSR count). The van der Waals surface area contributed by atoms with Gasteiger partial charge in [0, 0.05) is 0 Å². The van der Waals surface area contributed by atoms with Gasteiger partial charge in [-0.25, -0.2) is 12.8 Å². The molecule has 0 aliphatic heterocycles. The minimum absolute atomic E-state index is 0.132. The van der Waals surface area contributed by atoms with Crippen LogP contribution in [0, 0.1) is 26.6 Å². The second-order valence-electron chi connectivity index (χ2n) is 7.46. The van der Waals surface area contributed by atoms with Gasteiger partial charge in [-0.1, -0.05) is 31.2 Å². The second kappa shape index (κ2) is 8.95. The third kappa shape index (κ3) is 5.15. The summed E-state index contributed by atoms with van der Waals surface area (Å²) >= 11 is 0. The van der Waals surface area contributed by atoms with E-state index in [9.17, 15) is 17.6 Å². The molecule has 0 bridgehead atoms. The minimum Gasteiger partial charge on any atom is -0.348 e. The van der Waals surface area contributed by atoms with E-state index in [-0.39, 0.29) is 18.2 Å². The normalized spacial score (nSPS) is 13.6. The molecule has 7 heteroatoms. The fourth-order valence-corrected chi connectivity index (χ4v) is 4.71. The van der Waals surface area contributed by atoms with Gasteiger partial charge in [0.1, 0.15) is 11.9 Å². The zero-order chi connectivity index (χ0) is 21.9. The molecule has 2 atom stereocenters. The number of rotatable bonds is 7. The Morgan fingerprint density at radius 1 is 1.10 bits per heavy atom. The van der Waals surface area contributed by atoms with Gasteiger partial charge in [-0.2, -0.15) is 0 Å². The van der Waals surface area contributed by atoms with Gasteiger partial charge in [0.15, 0.2) is 0 Å². The highest BCUT2D eigenvalue weighted by Crippen LogP contribution is 2.27. The lowest BCUT2D eigenvalue weighted by atomic mass is 9.96. The highest BCUT2D eigenvalue weighted by molar-refractivity contribution is 7.92. The Morgan fingerprint density at radius 2 is 1.69 bits per heavy atom. The Kier molecular flexibility index (Phi) is 7.06. The molecule has 29 heavy (non-hydrogen) atoms. The fraction of sp³-hybridized carbons (Fsp3) is 0.409. The van der Waals surface area contributed by atoms with Crippen LogP contribution in [0.5, 0.6) is 0 Å². The SMILES string of the molecule is CCC(C(=O)NC(C)c1cc(C)c(C)cc1C)N(c1ccccc1F)S(C)(=O)=O. The first kappa shape index (κ1) is 22.9. The van der Waals surface area contributed by atoms with Crippen LogP contribution in [0.1, 0.15) is 48.6 Å². The van der Waals surface area contributed by atoms with Crippen LogP contribution >= 0.6 is 0 Å². The Hall–Kier alpha value is -2.41. The number of nitrogens with zero attached hydrogens (tertiary/aromatic N) is 1. The standard InChI is InChI=1S/C22H29FN2O3S/c1-7-20(25(29(6,27)28)21-11-9-8-10-19(21)23)22(26)24-17(5)18-13-15(3)14(2)12-16(18)4/h8-13,17,20H,7H2,1-6H3,(H,24,26). The predicted octanol–water partition coefficient (Wildman–Crippen LogP) is 4.17. The van der Waals surface area contributed by atoms with Crippen molar-refractivity contribution >= 4 is 21.6 Å². The number of carbonyl (C=O) groups is 1. The summed E-state index contributed by atoms with van der Waals surface area (Å²) in [6.07, 6.45) is 1.18. The molecule has 0 heterocycles. The van der Waals surface area contributed by atoms with E-state index >= 15 is 0 Å². The van der Waals surface area contributed by atoms with Crippen molar-refractivity contribution in [2.75, 3.05) is 10.6 Å². The summed E-state index contributed by atoms with van der Waals surface area (Å²) in [5.41, 5.74) is 4.16. The lowest BCUT2D eigenvalue weighted by molar-refractivity contribution is -0.122. The lowest BCUT2D eigenvalue weighted by Crippen LogP contribution is -2.50. The molecule has 1 N–H and O–H groups in total. The molecule has 0 aliphatic rings. The van der Waals surface area contributed by atoms with Crippen LogP contribution in [0.25, 0.3) is 0 Å². The van der Waals surface area contributed by atoms with E-state index in [1.165, 1.54) is 23.8 Å². The molecule has 0 aliphatic carbocycles. The second-order valence-corrected chi connectivity index (χ2v) is 9.32. The average Bonchev–Trinajstić information content (AvgIpc) is 2.62. The monoisotopic (exact) mass is 420 g/mol. The van der Waals surface area contributed by atoms with Crippen LogP contribution in [0.4, 0.5) is 10.1 Å². The highest BCUT2D eigenvalue weighted by Gasteiger charge is 2.33. The van der Waals surface area contributed by atoms with Crippen molar-refractivity contribution in [1.82, 2.24) is 5.32 Å². The van der Waals surface area contributed by atoms with Gasteiger partial charge in [0.25, 0.3) is 0 Å². The summed E-state index contributed by atoms with van der Waals surface area (Å²) < 4.78 is 40.1. The molecule has 0 radical (unpaired) electrons. The van der Waals surface area contributed by atoms with E-state index in [2.05, 4.69) is 11.4 Å². The zero-order valence-corrected chi connectivity index (χ0v) is 18.6. The highest BCUT2D eigenvalue weighted by atomic mass is 32.2. The first-order valence-corrected chi connectivity index (χ1v) is 11.4. The van der Waals surface area contributed by atoms with Gasteiger partial charge < -0.3 is 5.32 Å². The third-order valence-electron chi connectivity index (χ3n) is 5.13. The maximum absolute atomic E-state index is 14.4. The number of carbonyl (C=O) groups excluding carboxylic acids is 1. The van der Waals surface area contributed by atoms with Crippen molar-refractivity contribution in [2.45, 2.75) is 53.1 Å². The molecular weight excluding hydrogens is 391 g/mol. The van der Waals surface area contributed by atoms with E-state index in [4.69, 9.17) is 0 Å². The van der Waals surface area contributed by atoms with Crippen molar-refractivity contribution in [3.8, 4) is 0 Å². The Labute approximate surface area is 173 Å². The van der Waals surface area contributed by atoms with Gasteiger partial charge in [-0.15, -0.1) is 0 Å². The summed E-state index contributed by atoms with van der Waals surface area (Å²) in [6, 6.07) is 8.28. The van der Waals surface area contributed by atoms with Crippen molar-refractivity contribution < 1.29 is 17.6 Å². The number of nitrogens with one attached hydrogen (secondary N) is 1. The quantitative estimate of drug-likeness (QED) is 0.731. The predicted molar refractivity (Wildman–Crippen MR) is 115 cm³/mol. The molecule has 2 aromatic carbocycles. The number of anilines is 1. The van der Waals surface area contributed by atoms with Crippen LogP contribution in [0.2, 0.25) is 0 Å². The number of amides is 1. The van der Waals surface area contributed by atoms with Crippen LogP contribution in [0.15, 0.2) is 36.4 Å². The average molecular weight is 421 g/mol. The summed E-state index contributed by atoms with van der Waals surface area (Å²) in [7, 11) is -3.89. The van der Waals surface area contributed by atoms with Crippen LogP contribution < -0.4 is 9.62 Å². The molecule has 0 spiro atoms. The smallest absolute Gasteiger partial charge is 0.244 e. The van der Waals surface area contributed by atoms with E-state index in [0.29, 0.717) is 0 Å². The molecule has 158 valence electrons. The first-order chi connectivity index (χ1) is 13.5. The number of hydrogen-bond acceptors (Lipinski definition) is 3. The van der Waals surface area contributed by atoms with Crippen molar-refractivity contribution in [3.05, 3.63) is 64.5 Å². The number of hydrogen-bond donors (Lipinski definition) is 1. The molecule has 0 saturated carbocycles. The Balaban J connectivity index is 2.38. The van der Waals surface area contributed by atoms with E-state index < -0.39 is 27.8 Å². The van der Waals surface area contributed by atoms with E-state index in [1.54, 1.807) is 13.0 Å². The zero-order valence-electron chi connectivity index (χ0n) is 17.8. The molecule has 1 amide bonds. The van der Waals surface area contributed by atoms with Gasteiger partial charge >= 0.3 is 0 Å². The maximum atomic E-state index is 14.4. The Morgan fingerprint density at radius 3 is 2.24 bits per heavy atom. The van der Waals surface area contributed by atoms with Gasteiger partial charge in [0.2, 0.25) is 15.9 Å². The van der Waals surface area contributed by atoms with Crippen molar-refractivity contribution in [3.63, 3.8) is 0 Å². The lowest BCUT2D eigenvalue weighted by Gasteiger charge is -2.31. The number of para-hydroxylation sites is 1. The number of aryl methyl sites for hydroxylation is 3. The molecule has 0 aromatic heterocycles. The first-order valence-electron chi connectivity index (χ1n) is 9.59. The number of sulfonamides is 1. The van der Waals surface area contributed by atoms with Crippen molar-refractivity contribution in [1.29, 1.82) is 0 Å². The molecule has 2 unspecified atom stereocenters. The summed E-state index contributed by atoms with van der Waals surface area (Å²) in [5, 5.41) is 2.91. The van der Waals surface area contributed by atoms with Crippen LogP contribution in [-0.4, -0.2) is 26.6 Å². The summed E-state index contributed by atoms with van der Waals surface area (Å²) in [6.45, 7) is 9.57. The van der Waals surface area contributed by atoms with E-state index in [1.807, 2.05) is 33.8 Å². The van der Waals surface area contributed by atoms with Gasteiger partial charge in [-0.3, -0.25) is 9.10 Å². The van der Waals surface area contributed by atoms with Gasteiger partial charge in [0.05, 0.1) is 18.0 Å². The van der Waals surface area contributed by atoms with Crippen LogP contribution in [0.3, 0.4) is 0 Å². The minimum atomic E-state index is -3.89. The molecule has 0 saturated heterocycles. The molecule has 5 nitrogen and oxygen atoms in total. The van der Waals surface area contributed by atoms with E-state index in [0.717, 1.165) is 27.3 Å². The molecule has 0 fully saturated rings. The fourth-order valence-electron chi connectivity index (χ4n) is 3.50. The number of benzene rings is 2. The Bertz CT molecular complexity index is 1010. The van der Waals surface area contributed by atoms with Gasteiger partial charge in [-0.05, 0) is 68.5 Å². The number of halogens is 1. The summed E-state index contributed by atoms with van der Waals surface area (Å²) in [5.74, 6) is -1.16. The van der Waals surface area contributed by atoms with Crippen molar-refractivity contribution in [2.24, 2.45) is 0 Å². The summed E-state index contributed by atoms with van der Waals surface area (Å²) in [4.78, 5) is 13.1. The third-order valence-corrected chi connectivity index (χ3v) is 6.29. The topological polar surface area (TPSA) is 66.5 Å². The largest absolute Gasteiger partial charge is 0.348 e. The maximum Gasteiger partial charge on any atom is 0.244 e. The van der Waals surface area contributed by atoms with Crippen LogP contribution in [-0.2, 0) is 14.8 Å².